The summed E-state index contributed by atoms with van der Waals surface area (Å²) in [5, 5.41) is 1.19. The van der Waals surface area contributed by atoms with Crippen molar-refractivity contribution in [2.45, 2.75) is 25.4 Å². The van der Waals surface area contributed by atoms with Gasteiger partial charge in [-0.05, 0) is 30.5 Å². The first kappa shape index (κ1) is 11.9. The summed E-state index contributed by atoms with van der Waals surface area (Å²) in [5.74, 6) is 0. The molecule has 0 unspecified atom stereocenters. The van der Waals surface area contributed by atoms with E-state index in [9.17, 15) is 4.79 Å². The van der Waals surface area contributed by atoms with Gasteiger partial charge in [0, 0.05) is 28.5 Å². The minimum absolute atomic E-state index is 0.0310. The zero-order chi connectivity index (χ0) is 12.7. The molecular formula is C13H12Cl2N2O. The minimum Gasteiger partial charge on any atom is -0.296 e. The van der Waals surface area contributed by atoms with E-state index >= 15 is 0 Å². The number of aromatic nitrogens is 2. The van der Waals surface area contributed by atoms with Crippen LogP contribution in [0.1, 0.15) is 24.4 Å². The van der Waals surface area contributed by atoms with Crippen molar-refractivity contribution >= 4 is 23.2 Å². The molecule has 0 atom stereocenters. The van der Waals surface area contributed by atoms with Crippen LogP contribution in [0.3, 0.4) is 0 Å². The number of hydrogen-bond acceptors (Lipinski definition) is 1. The Morgan fingerprint density at radius 1 is 1.22 bits per heavy atom. The second-order valence-electron chi connectivity index (χ2n) is 4.58. The van der Waals surface area contributed by atoms with Gasteiger partial charge in [-0.3, -0.25) is 9.13 Å². The fourth-order valence-corrected chi connectivity index (χ4v) is 2.48. The van der Waals surface area contributed by atoms with Gasteiger partial charge in [0.05, 0.1) is 6.54 Å². The smallest absolute Gasteiger partial charge is 0.296 e. The summed E-state index contributed by atoms with van der Waals surface area (Å²) in [6.45, 7) is 0.481. The lowest BCUT2D eigenvalue weighted by atomic mass is 10.2. The Labute approximate surface area is 115 Å². The summed E-state index contributed by atoms with van der Waals surface area (Å²) < 4.78 is 3.47. The average molecular weight is 283 g/mol. The summed E-state index contributed by atoms with van der Waals surface area (Å²) in [7, 11) is 0. The molecule has 0 saturated heterocycles. The van der Waals surface area contributed by atoms with Crippen LogP contribution in [-0.2, 0) is 6.54 Å². The predicted molar refractivity (Wildman–Crippen MR) is 72.5 cm³/mol. The average Bonchev–Trinajstić information content (AvgIpc) is 3.10. The van der Waals surface area contributed by atoms with E-state index in [4.69, 9.17) is 23.2 Å². The van der Waals surface area contributed by atoms with Crippen molar-refractivity contribution in [2.75, 3.05) is 0 Å². The zero-order valence-electron chi connectivity index (χ0n) is 9.64. The molecule has 0 N–H and O–H groups in total. The monoisotopic (exact) mass is 282 g/mol. The highest BCUT2D eigenvalue weighted by Crippen LogP contribution is 2.33. The Balaban J connectivity index is 1.90. The summed E-state index contributed by atoms with van der Waals surface area (Å²) in [5.41, 5.74) is 0.931. The molecule has 2 aromatic rings. The predicted octanol–water partition coefficient (Wildman–Crippen LogP) is 3.34. The van der Waals surface area contributed by atoms with Gasteiger partial charge in [0.1, 0.15) is 0 Å². The molecule has 3 rings (SSSR count). The first-order valence-electron chi connectivity index (χ1n) is 5.86. The molecule has 94 valence electrons. The van der Waals surface area contributed by atoms with Gasteiger partial charge in [0.15, 0.2) is 0 Å². The molecule has 1 aliphatic carbocycles. The lowest BCUT2D eigenvalue weighted by molar-refractivity contribution is 0.656. The Morgan fingerprint density at radius 2 is 2.00 bits per heavy atom. The standard InChI is InChI=1S/C13H12Cl2N2O/c14-10-2-1-9(12(15)7-10)8-16-5-6-17(13(16)18)11-3-4-11/h1-2,5-7,11H,3-4,8H2. The molecule has 1 aromatic carbocycles. The van der Waals surface area contributed by atoms with Crippen molar-refractivity contribution in [1.82, 2.24) is 9.13 Å². The van der Waals surface area contributed by atoms with Crippen LogP contribution in [0.5, 0.6) is 0 Å². The lowest BCUT2D eigenvalue weighted by Gasteiger charge is -2.05. The molecule has 0 bridgehead atoms. The van der Waals surface area contributed by atoms with Crippen LogP contribution in [0, 0.1) is 0 Å². The fourth-order valence-electron chi connectivity index (χ4n) is 2.01. The molecule has 1 fully saturated rings. The highest BCUT2D eigenvalue weighted by Gasteiger charge is 2.25. The number of benzene rings is 1. The molecule has 1 saturated carbocycles. The fraction of sp³-hybridized carbons (Fsp3) is 0.308. The van der Waals surface area contributed by atoms with Crippen LogP contribution >= 0.6 is 23.2 Å². The Morgan fingerprint density at radius 3 is 2.67 bits per heavy atom. The number of rotatable bonds is 3. The number of nitrogens with zero attached hydrogens (tertiary/aromatic N) is 2. The second kappa shape index (κ2) is 4.48. The minimum atomic E-state index is 0.0310. The SMILES string of the molecule is O=c1n(Cc2ccc(Cl)cc2Cl)ccn1C1CC1. The normalized spacial score (nSPS) is 15.0. The third-order valence-electron chi connectivity index (χ3n) is 3.17. The lowest BCUT2D eigenvalue weighted by Crippen LogP contribution is -2.23. The van der Waals surface area contributed by atoms with Crippen molar-refractivity contribution in [3.8, 4) is 0 Å². The van der Waals surface area contributed by atoms with Crippen LogP contribution in [0.4, 0.5) is 0 Å². The molecule has 0 amide bonds. The number of imidazole rings is 1. The molecule has 3 nitrogen and oxygen atoms in total. The maximum atomic E-state index is 12.1. The first-order valence-corrected chi connectivity index (χ1v) is 6.62. The van der Waals surface area contributed by atoms with Crippen LogP contribution in [0.25, 0.3) is 0 Å². The zero-order valence-corrected chi connectivity index (χ0v) is 11.2. The summed E-state index contributed by atoms with van der Waals surface area (Å²) in [4.78, 5) is 12.1. The molecule has 0 radical (unpaired) electrons. The highest BCUT2D eigenvalue weighted by molar-refractivity contribution is 6.35. The van der Waals surface area contributed by atoms with E-state index in [2.05, 4.69) is 0 Å². The van der Waals surface area contributed by atoms with Crippen molar-refractivity contribution in [2.24, 2.45) is 0 Å². The van der Waals surface area contributed by atoms with Crippen LogP contribution in [0.15, 0.2) is 35.4 Å². The first-order chi connectivity index (χ1) is 8.65. The molecule has 0 spiro atoms. The van der Waals surface area contributed by atoms with E-state index in [0.717, 1.165) is 18.4 Å². The molecule has 18 heavy (non-hydrogen) atoms. The van der Waals surface area contributed by atoms with Gasteiger partial charge in [-0.15, -0.1) is 0 Å². The maximum absolute atomic E-state index is 12.1. The number of hydrogen-bond donors (Lipinski definition) is 0. The second-order valence-corrected chi connectivity index (χ2v) is 5.43. The molecule has 1 aliphatic rings. The summed E-state index contributed by atoms with van der Waals surface area (Å²) in [6.07, 6.45) is 5.87. The van der Waals surface area contributed by atoms with Crippen molar-refractivity contribution < 1.29 is 0 Å². The third kappa shape index (κ3) is 2.20. The number of halogens is 2. The highest BCUT2D eigenvalue weighted by atomic mass is 35.5. The van der Waals surface area contributed by atoms with E-state index in [1.807, 2.05) is 18.5 Å². The van der Waals surface area contributed by atoms with Gasteiger partial charge in [0.2, 0.25) is 0 Å². The van der Waals surface area contributed by atoms with Gasteiger partial charge in [0.25, 0.3) is 0 Å². The third-order valence-corrected chi connectivity index (χ3v) is 3.76. The van der Waals surface area contributed by atoms with Crippen molar-refractivity contribution in [3.05, 3.63) is 56.7 Å². The van der Waals surface area contributed by atoms with Crippen molar-refractivity contribution in [1.29, 1.82) is 0 Å². The largest absolute Gasteiger partial charge is 0.328 e. The molecule has 5 heteroatoms. The van der Waals surface area contributed by atoms with Gasteiger partial charge in [-0.25, -0.2) is 4.79 Å². The molecule has 1 aromatic heterocycles. The van der Waals surface area contributed by atoms with E-state index in [1.165, 1.54) is 0 Å². The van der Waals surface area contributed by atoms with Crippen LogP contribution < -0.4 is 5.69 Å². The van der Waals surface area contributed by atoms with E-state index in [-0.39, 0.29) is 5.69 Å². The summed E-state index contributed by atoms with van der Waals surface area (Å²) in [6, 6.07) is 5.73. The summed E-state index contributed by atoms with van der Waals surface area (Å²) >= 11 is 12.0. The van der Waals surface area contributed by atoms with Crippen molar-refractivity contribution in [3.63, 3.8) is 0 Å². The molecular weight excluding hydrogens is 271 g/mol. The van der Waals surface area contributed by atoms with Crippen LogP contribution in [0.2, 0.25) is 10.0 Å². The Bertz CT molecular complexity index is 641. The van der Waals surface area contributed by atoms with Gasteiger partial charge in [-0.1, -0.05) is 29.3 Å². The van der Waals surface area contributed by atoms with Gasteiger partial charge < -0.3 is 0 Å². The molecule has 0 aliphatic heterocycles. The maximum Gasteiger partial charge on any atom is 0.328 e. The Hall–Kier alpha value is -1.19. The van der Waals surface area contributed by atoms with E-state index < -0.39 is 0 Å². The van der Waals surface area contributed by atoms with E-state index in [0.29, 0.717) is 22.6 Å². The topological polar surface area (TPSA) is 26.9 Å². The van der Waals surface area contributed by atoms with Crippen LogP contribution in [-0.4, -0.2) is 9.13 Å². The van der Waals surface area contributed by atoms with E-state index in [1.54, 1.807) is 21.3 Å². The van der Waals surface area contributed by atoms with Gasteiger partial charge >= 0.3 is 5.69 Å². The van der Waals surface area contributed by atoms with Gasteiger partial charge in [-0.2, -0.15) is 0 Å². The molecule has 1 heterocycles. The Kier molecular flexibility index (Phi) is 2.96. The quantitative estimate of drug-likeness (QED) is 0.848.